The van der Waals surface area contributed by atoms with E-state index in [-0.39, 0.29) is 6.54 Å². The van der Waals surface area contributed by atoms with Crippen molar-refractivity contribution in [2.24, 2.45) is 0 Å². The molecule has 1 aromatic heterocycles. The lowest BCUT2D eigenvalue weighted by Crippen LogP contribution is -2.24. The van der Waals surface area contributed by atoms with E-state index in [1.54, 1.807) is 19.1 Å². The van der Waals surface area contributed by atoms with Crippen LogP contribution in [0.2, 0.25) is 0 Å². The molecule has 0 saturated carbocycles. The van der Waals surface area contributed by atoms with Crippen LogP contribution >= 0.6 is 0 Å². The van der Waals surface area contributed by atoms with Gasteiger partial charge in [-0.2, -0.15) is 0 Å². The zero-order valence-electron chi connectivity index (χ0n) is 11.1. The van der Waals surface area contributed by atoms with Crippen LogP contribution in [0.3, 0.4) is 0 Å². The van der Waals surface area contributed by atoms with Gasteiger partial charge in [-0.25, -0.2) is 21.9 Å². The molecule has 0 aliphatic rings. The van der Waals surface area contributed by atoms with Gasteiger partial charge in [0, 0.05) is 18.4 Å². The highest BCUT2D eigenvalue weighted by molar-refractivity contribution is 7.89. The van der Waals surface area contributed by atoms with Crippen molar-refractivity contribution in [1.82, 2.24) is 9.71 Å². The number of hydrogen-bond donors (Lipinski definition) is 2. The molecule has 0 fully saturated rings. The second-order valence-electron chi connectivity index (χ2n) is 4.41. The number of halogens is 2. The predicted molar refractivity (Wildman–Crippen MR) is 73.8 cm³/mol. The number of hydrogen-bond acceptors (Lipinski definition) is 4. The van der Waals surface area contributed by atoms with Gasteiger partial charge in [0.25, 0.3) is 0 Å². The minimum Gasteiger partial charge on any atom is -0.394 e. The molecule has 0 aliphatic carbocycles. The highest BCUT2D eigenvalue weighted by Gasteiger charge is 2.22. The SMILES string of the molecule is Cc1ccc(CNS(=O)(=O)c2ccc(F)c(N)c2F)cn1. The van der Waals surface area contributed by atoms with Gasteiger partial charge < -0.3 is 5.73 Å². The Morgan fingerprint density at radius 3 is 2.57 bits per heavy atom. The van der Waals surface area contributed by atoms with E-state index in [4.69, 9.17) is 5.73 Å². The van der Waals surface area contributed by atoms with Crippen molar-refractivity contribution >= 4 is 15.7 Å². The number of nitrogens with one attached hydrogen (secondary N) is 1. The Morgan fingerprint density at radius 2 is 1.95 bits per heavy atom. The van der Waals surface area contributed by atoms with Crippen molar-refractivity contribution < 1.29 is 17.2 Å². The standard InChI is InChI=1S/C13H13F2N3O2S/c1-8-2-3-9(6-17-8)7-18-21(19,20)11-5-4-10(14)13(16)12(11)15/h2-6,18H,7,16H2,1H3. The Bertz CT molecular complexity index is 762. The number of nitrogens with zero attached hydrogens (tertiary/aromatic N) is 1. The van der Waals surface area contributed by atoms with Crippen LogP contribution in [-0.4, -0.2) is 13.4 Å². The average molecular weight is 313 g/mol. The molecule has 0 amide bonds. The normalized spacial score (nSPS) is 11.6. The number of aromatic nitrogens is 1. The number of nitrogen functional groups attached to an aromatic ring is 1. The van der Waals surface area contributed by atoms with Gasteiger partial charge in [0.2, 0.25) is 10.0 Å². The number of pyridine rings is 1. The van der Waals surface area contributed by atoms with E-state index in [0.29, 0.717) is 5.56 Å². The summed E-state index contributed by atoms with van der Waals surface area (Å²) in [6, 6.07) is 5.05. The van der Waals surface area contributed by atoms with Crippen LogP contribution in [0, 0.1) is 18.6 Å². The summed E-state index contributed by atoms with van der Waals surface area (Å²) < 4.78 is 53.0. The van der Waals surface area contributed by atoms with Gasteiger partial charge in [-0.1, -0.05) is 6.07 Å². The molecule has 112 valence electrons. The van der Waals surface area contributed by atoms with Crippen molar-refractivity contribution in [2.45, 2.75) is 18.4 Å². The maximum absolute atomic E-state index is 13.7. The molecule has 3 N–H and O–H groups in total. The molecule has 0 radical (unpaired) electrons. The van der Waals surface area contributed by atoms with Crippen LogP contribution in [0.5, 0.6) is 0 Å². The van der Waals surface area contributed by atoms with Crippen LogP contribution in [0.15, 0.2) is 35.4 Å². The van der Waals surface area contributed by atoms with Crippen LogP contribution in [0.4, 0.5) is 14.5 Å². The molecule has 2 rings (SSSR count). The predicted octanol–water partition coefficient (Wildman–Crippen LogP) is 1.73. The van der Waals surface area contributed by atoms with Crippen molar-refractivity contribution in [1.29, 1.82) is 0 Å². The molecule has 0 spiro atoms. The van der Waals surface area contributed by atoms with Crippen molar-refractivity contribution in [3.63, 3.8) is 0 Å². The summed E-state index contributed by atoms with van der Waals surface area (Å²) in [5.41, 5.74) is 5.73. The van der Waals surface area contributed by atoms with Crippen LogP contribution in [-0.2, 0) is 16.6 Å². The zero-order chi connectivity index (χ0) is 15.6. The van der Waals surface area contributed by atoms with Gasteiger partial charge in [0.15, 0.2) is 5.82 Å². The molecule has 0 aliphatic heterocycles. The first-order valence-electron chi connectivity index (χ1n) is 5.96. The molecule has 0 saturated heterocycles. The maximum atomic E-state index is 13.7. The summed E-state index contributed by atoms with van der Waals surface area (Å²) in [7, 11) is -4.14. The second kappa shape index (κ2) is 5.74. The van der Waals surface area contributed by atoms with Crippen LogP contribution in [0.1, 0.15) is 11.3 Å². The fraction of sp³-hybridized carbons (Fsp3) is 0.154. The van der Waals surface area contributed by atoms with Crippen LogP contribution in [0.25, 0.3) is 0 Å². The van der Waals surface area contributed by atoms with E-state index in [2.05, 4.69) is 9.71 Å². The van der Waals surface area contributed by atoms with Gasteiger partial charge in [-0.3, -0.25) is 4.98 Å². The third-order valence-electron chi connectivity index (χ3n) is 2.82. The van der Waals surface area contributed by atoms with Gasteiger partial charge in [0.1, 0.15) is 16.4 Å². The molecular formula is C13H13F2N3O2S. The van der Waals surface area contributed by atoms with E-state index >= 15 is 0 Å². The molecule has 2 aromatic rings. The number of anilines is 1. The molecule has 8 heteroatoms. The smallest absolute Gasteiger partial charge is 0.243 e. The Balaban J connectivity index is 2.23. The largest absolute Gasteiger partial charge is 0.394 e. The lowest BCUT2D eigenvalue weighted by Gasteiger charge is -2.09. The Morgan fingerprint density at radius 1 is 1.24 bits per heavy atom. The van der Waals surface area contributed by atoms with E-state index in [9.17, 15) is 17.2 Å². The molecule has 0 bridgehead atoms. The van der Waals surface area contributed by atoms with Gasteiger partial charge >= 0.3 is 0 Å². The first kappa shape index (κ1) is 15.3. The Labute approximate surface area is 120 Å². The monoisotopic (exact) mass is 313 g/mol. The number of rotatable bonds is 4. The van der Waals surface area contributed by atoms with E-state index < -0.39 is 32.2 Å². The lowest BCUT2D eigenvalue weighted by molar-refractivity contribution is 0.548. The van der Waals surface area contributed by atoms with Crippen molar-refractivity contribution in [2.75, 3.05) is 5.73 Å². The van der Waals surface area contributed by atoms with Crippen LogP contribution < -0.4 is 10.5 Å². The second-order valence-corrected chi connectivity index (χ2v) is 6.14. The van der Waals surface area contributed by atoms with Crippen molar-refractivity contribution in [3.05, 3.63) is 53.4 Å². The minimum absolute atomic E-state index is 0.0632. The molecule has 1 heterocycles. The molecule has 0 unspecified atom stereocenters. The Hall–Kier alpha value is -2.06. The summed E-state index contributed by atoms with van der Waals surface area (Å²) in [5, 5.41) is 0. The quantitative estimate of drug-likeness (QED) is 0.842. The molecule has 21 heavy (non-hydrogen) atoms. The fourth-order valence-corrected chi connectivity index (χ4v) is 2.72. The molecule has 1 aromatic carbocycles. The van der Waals surface area contributed by atoms with Crippen molar-refractivity contribution in [3.8, 4) is 0 Å². The number of sulfonamides is 1. The lowest BCUT2D eigenvalue weighted by atomic mass is 10.2. The number of benzene rings is 1. The van der Waals surface area contributed by atoms with E-state index in [1.807, 2.05) is 0 Å². The van der Waals surface area contributed by atoms with E-state index in [0.717, 1.165) is 17.8 Å². The maximum Gasteiger partial charge on any atom is 0.243 e. The first-order valence-corrected chi connectivity index (χ1v) is 7.44. The molecule has 5 nitrogen and oxygen atoms in total. The summed E-state index contributed by atoms with van der Waals surface area (Å²) in [5.74, 6) is -2.31. The average Bonchev–Trinajstić information content (AvgIpc) is 2.44. The zero-order valence-corrected chi connectivity index (χ0v) is 11.9. The van der Waals surface area contributed by atoms with Gasteiger partial charge in [0.05, 0.1) is 0 Å². The topological polar surface area (TPSA) is 85.1 Å². The van der Waals surface area contributed by atoms with Gasteiger partial charge in [-0.15, -0.1) is 0 Å². The first-order chi connectivity index (χ1) is 9.81. The highest BCUT2D eigenvalue weighted by Crippen LogP contribution is 2.22. The van der Waals surface area contributed by atoms with E-state index in [1.165, 1.54) is 6.20 Å². The summed E-state index contributed by atoms with van der Waals surface area (Å²) in [6.07, 6.45) is 1.51. The third kappa shape index (κ3) is 3.34. The summed E-state index contributed by atoms with van der Waals surface area (Å²) in [6.45, 7) is 1.73. The fourth-order valence-electron chi connectivity index (χ4n) is 1.62. The number of nitrogens with two attached hydrogens (primary N) is 1. The molecule has 0 atom stereocenters. The summed E-state index contributed by atoms with van der Waals surface area (Å²) in [4.78, 5) is 3.32. The minimum atomic E-state index is -4.14. The molecular weight excluding hydrogens is 300 g/mol. The highest BCUT2D eigenvalue weighted by atomic mass is 32.2. The Kier molecular flexibility index (Phi) is 4.19. The summed E-state index contributed by atoms with van der Waals surface area (Å²) >= 11 is 0. The third-order valence-corrected chi connectivity index (χ3v) is 4.24. The van der Waals surface area contributed by atoms with Gasteiger partial charge in [-0.05, 0) is 30.7 Å². The number of aryl methyl sites for hydroxylation is 1.